The van der Waals surface area contributed by atoms with Crippen LogP contribution in [0.15, 0.2) is 11.4 Å². The van der Waals surface area contributed by atoms with Gasteiger partial charge in [0.15, 0.2) is 0 Å². The summed E-state index contributed by atoms with van der Waals surface area (Å²) in [4.78, 5) is 13.9. The van der Waals surface area contributed by atoms with Crippen LogP contribution in [-0.2, 0) is 4.79 Å². The van der Waals surface area contributed by atoms with Crippen LogP contribution in [0, 0.1) is 6.92 Å². The number of carbonyl (C=O) groups excluding carboxylic acids is 1. The van der Waals surface area contributed by atoms with E-state index in [1.807, 2.05) is 24.3 Å². The number of rotatable bonds is 5. The van der Waals surface area contributed by atoms with Crippen LogP contribution in [0.4, 0.5) is 0 Å². The maximum absolute atomic E-state index is 10.8. The van der Waals surface area contributed by atoms with Gasteiger partial charge < -0.3 is 11.5 Å². The molecule has 0 aliphatic rings. The van der Waals surface area contributed by atoms with Gasteiger partial charge in [-0.1, -0.05) is 0 Å². The van der Waals surface area contributed by atoms with Crippen molar-refractivity contribution in [3.05, 3.63) is 21.9 Å². The van der Waals surface area contributed by atoms with Gasteiger partial charge in [-0.3, -0.25) is 9.69 Å². The summed E-state index contributed by atoms with van der Waals surface area (Å²) in [5, 5.41) is 2.03. The van der Waals surface area contributed by atoms with Crippen LogP contribution < -0.4 is 11.5 Å². The number of amides is 1. The fraction of sp³-hybridized carbons (Fsp3) is 0.500. The van der Waals surface area contributed by atoms with E-state index in [4.69, 9.17) is 11.5 Å². The summed E-state index contributed by atoms with van der Waals surface area (Å²) in [6.07, 6.45) is 0. The van der Waals surface area contributed by atoms with Crippen LogP contribution in [0.2, 0.25) is 0 Å². The molecular weight excluding hydrogens is 210 g/mol. The number of likely N-dealkylation sites (N-methyl/N-ethyl adjacent to an activating group) is 1. The standard InChI is InChI=1S/C10H17N3OS/c1-7-3-4-15-10(7)8(5-11)13(2)6-9(12)14/h3-4,8H,5-6,11H2,1-2H3,(H2,12,14). The molecule has 0 radical (unpaired) electrons. The molecule has 4 N–H and O–H groups in total. The van der Waals surface area contributed by atoms with E-state index in [1.165, 1.54) is 10.4 Å². The van der Waals surface area contributed by atoms with E-state index < -0.39 is 0 Å². The van der Waals surface area contributed by atoms with Crippen LogP contribution in [0.1, 0.15) is 16.5 Å². The van der Waals surface area contributed by atoms with E-state index in [-0.39, 0.29) is 18.5 Å². The van der Waals surface area contributed by atoms with Gasteiger partial charge >= 0.3 is 0 Å². The van der Waals surface area contributed by atoms with E-state index in [0.717, 1.165) is 0 Å². The van der Waals surface area contributed by atoms with Crippen molar-refractivity contribution in [2.75, 3.05) is 20.1 Å². The molecular formula is C10H17N3OS. The molecule has 1 aromatic rings. The number of hydrogen-bond acceptors (Lipinski definition) is 4. The van der Waals surface area contributed by atoms with Gasteiger partial charge in [0.2, 0.25) is 5.91 Å². The van der Waals surface area contributed by atoms with Gasteiger partial charge in [0.1, 0.15) is 0 Å². The minimum absolute atomic E-state index is 0.0810. The Morgan fingerprint density at radius 2 is 2.33 bits per heavy atom. The molecule has 5 heteroatoms. The molecule has 1 unspecified atom stereocenters. The SMILES string of the molecule is Cc1ccsc1C(CN)N(C)CC(N)=O. The van der Waals surface area contributed by atoms with E-state index in [2.05, 4.69) is 6.07 Å². The van der Waals surface area contributed by atoms with E-state index in [9.17, 15) is 4.79 Å². The average molecular weight is 227 g/mol. The summed E-state index contributed by atoms with van der Waals surface area (Å²) in [5.41, 5.74) is 12.1. The lowest BCUT2D eigenvalue weighted by Gasteiger charge is -2.25. The predicted molar refractivity (Wildman–Crippen MR) is 62.7 cm³/mol. The van der Waals surface area contributed by atoms with Crippen molar-refractivity contribution >= 4 is 17.2 Å². The molecule has 0 aliphatic carbocycles. The van der Waals surface area contributed by atoms with Gasteiger partial charge in [0.25, 0.3) is 0 Å². The zero-order chi connectivity index (χ0) is 11.4. The molecule has 0 bridgehead atoms. The normalized spacial score (nSPS) is 13.1. The summed E-state index contributed by atoms with van der Waals surface area (Å²) in [6, 6.07) is 2.14. The van der Waals surface area contributed by atoms with Crippen LogP contribution >= 0.6 is 11.3 Å². The first-order chi connectivity index (χ1) is 7.06. The number of nitrogens with two attached hydrogens (primary N) is 2. The van der Waals surface area contributed by atoms with E-state index >= 15 is 0 Å². The summed E-state index contributed by atoms with van der Waals surface area (Å²) >= 11 is 1.66. The van der Waals surface area contributed by atoms with E-state index in [1.54, 1.807) is 11.3 Å². The summed E-state index contributed by atoms with van der Waals surface area (Å²) < 4.78 is 0. The predicted octanol–water partition coefficient (Wildman–Crippen LogP) is 0.473. The van der Waals surface area contributed by atoms with Crippen LogP contribution in [0.3, 0.4) is 0 Å². The molecule has 0 fully saturated rings. The first-order valence-electron chi connectivity index (χ1n) is 4.78. The Balaban J connectivity index is 2.80. The van der Waals surface area contributed by atoms with Gasteiger partial charge in [-0.2, -0.15) is 0 Å². The van der Waals surface area contributed by atoms with Gasteiger partial charge in [-0.05, 0) is 31.0 Å². The Morgan fingerprint density at radius 1 is 1.67 bits per heavy atom. The Kier molecular flexibility index (Phi) is 4.26. The van der Waals surface area contributed by atoms with Gasteiger partial charge in [-0.15, -0.1) is 11.3 Å². The monoisotopic (exact) mass is 227 g/mol. The zero-order valence-electron chi connectivity index (χ0n) is 9.06. The minimum Gasteiger partial charge on any atom is -0.369 e. The van der Waals surface area contributed by atoms with Crippen LogP contribution in [0.25, 0.3) is 0 Å². The molecule has 0 saturated heterocycles. The minimum atomic E-state index is -0.329. The van der Waals surface area contributed by atoms with E-state index in [0.29, 0.717) is 6.54 Å². The molecule has 15 heavy (non-hydrogen) atoms. The highest BCUT2D eigenvalue weighted by Gasteiger charge is 2.19. The van der Waals surface area contributed by atoms with Crippen molar-refractivity contribution in [3.8, 4) is 0 Å². The van der Waals surface area contributed by atoms with Gasteiger partial charge in [0, 0.05) is 11.4 Å². The Hall–Kier alpha value is -0.910. The maximum Gasteiger partial charge on any atom is 0.231 e. The van der Waals surface area contributed by atoms with Crippen LogP contribution in [-0.4, -0.2) is 30.9 Å². The second kappa shape index (κ2) is 5.25. The Labute approximate surface area is 93.9 Å². The first kappa shape index (κ1) is 12.2. The number of thiophene rings is 1. The molecule has 4 nitrogen and oxygen atoms in total. The number of nitrogens with zero attached hydrogens (tertiary/aromatic N) is 1. The van der Waals surface area contributed by atoms with Crippen molar-refractivity contribution in [1.29, 1.82) is 0 Å². The highest BCUT2D eigenvalue weighted by molar-refractivity contribution is 7.10. The van der Waals surface area contributed by atoms with Gasteiger partial charge in [-0.25, -0.2) is 0 Å². The van der Waals surface area contributed by atoms with Gasteiger partial charge in [0.05, 0.1) is 12.6 Å². The topological polar surface area (TPSA) is 72.3 Å². The number of carbonyl (C=O) groups is 1. The lowest BCUT2D eigenvalue weighted by Crippen LogP contribution is -2.36. The van der Waals surface area contributed by atoms with Crippen molar-refractivity contribution in [2.45, 2.75) is 13.0 Å². The quantitative estimate of drug-likeness (QED) is 0.768. The van der Waals surface area contributed by atoms with Crippen molar-refractivity contribution < 1.29 is 4.79 Å². The van der Waals surface area contributed by atoms with Crippen molar-refractivity contribution in [3.63, 3.8) is 0 Å². The Morgan fingerprint density at radius 3 is 2.73 bits per heavy atom. The molecule has 1 atom stereocenters. The average Bonchev–Trinajstić information content (AvgIpc) is 2.52. The molecule has 84 valence electrons. The second-order valence-electron chi connectivity index (χ2n) is 3.60. The molecule has 1 rings (SSSR count). The molecule has 0 aliphatic heterocycles. The largest absolute Gasteiger partial charge is 0.369 e. The molecule has 1 amide bonds. The summed E-state index contributed by atoms with van der Waals surface area (Å²) in [7, 11) is 1.86. The zero-order valence-corrected chi connectivity index (χ0v) is 9.88. The molecule has 0 spiro atoms. The summed E-state index contributed by atoms with van der Waals surface area (Å²) in [6.45, 7) is 2.77. The Bertz CT molecular complexity index is 337. The van der Waals surface area contributed by atoms with Crippen LogP contribution in [0.5, 0.6) is 0 Å². The number of hydrogen-bond donors (Lipinski definition) is 2. The van der Waals surface area contributed by atoms with Crippen molar-refractivity contribution in [2.24, 2.45) is 11.5 Å². The number of aryl methyl sites for hydroxylation is 1. The lowest BCUT2D eigenvalue weighted by atomic mass is 10.1. The molecule has 1 heterocycles. The maximum atomic E-state index is 10.8. The lowest BCUT2D eigenvalue weighted by molar-refractivity contribution is -0.119. The molecule has 0 saturated carbocycles. The highest BCUT2D eigenvalue weighted by Crippen LogP contribution is 2.26. The fourth-order valence-corrected chi connectivity index (χ4v) is 2.67. The van der Waals surface area contributed by atoms with Crippen molar-refractivity contribution in [1.82, 2.24) is 4.90 Å². The smallest absolute Gasteiger partial charge is 0.231 e. The third-order valence-corrected chi connectivity index (χ3v) is 3.49. The highest BCUT2D eigenvalue weighted by atomic mass is 32.1. The third-order valence-electron chi connectivity index (χ3n) is 2.36. The molecule has 1 aromatic heterocycles. The first-order valence-corrected chi connectivity index (χ1v) is 5.66. The summed E-state index contributed by atoms with van der Waals surface area (Å²) in [5.74, 6) is -0.329. The number of primary amides is 1. The fourth-order valence-electron chi connectivity index (χ4n) is 1.57. The molecule has 0 aromatic carbocycles. The third kappa shape index (κ3) is 3.02. The second-order valence-corrected chi connectivity index (χ2v) is 4.55.